The number of nitrogens with zero attached hydrogens (tertiary/aromatic N) is 4. The first kappa shape index (κ1) is 18.4. The average molecular weight is 390 g/mol. The van der Waals surface area contributed by atoms with Crippen molar-refractivity contribution in [2.45, 2.75) is 19.1 Å². The molecular formula is C20H18N6O3. The number of H-pyrrole nitrogens is 1. The summed E-state index contributed by atoms with van der Waals surface area (Å²) in [6.07, 6.45) is 2.61. The van der Waals surface area contributed by atoms with Crippen LogP contribution in [0.4, 0.5) is 4.79 Å². The van der Waals surface area contributed by atoms with E-state index in [9.17, 15) is 9.59 Å². The fourth-order valence-electron chi connectivity index (χ4n) is 2.90. The predicted molar refractivity (Wildman–Crippen MR) is 104 cm³/mol. The van der Waals surface area contributed by atoms with Gasteiger partial charge in [0.05, 0.1) is 11.8 Å². The first-order chi connectivity index (χ1) is 14.2. The van der Waals surface area contributed by atoms with Gasteiger partial charge in [-0.25, -0.2) is 9.78 Å². The molecule has 2 aromatic heterocycles. The van der Waals surface area contributed by atoms with Gasteiger partial charge in [0.25, 0.3) is 5.91 Å². The number of fused-ring (bicyclic) bond motifs is 1. The maximum absolute atomic E-state index is 13.1. The predicted octanol–water partition coefficient (Wildman–Crippen LogP) is 2.33. The Morgan fingerprint density at radius 3 is 2.69 bits per heavy atom. The second-order valence-electron chi connectivity index (χ2n) is 6.37. The zero-order chi connectivity index (χ0) is 20.1. The van der Waals surface area contributed by atoms with Crippen molar-refractivity contribution >= 4 is 23.0 Å². The van der Waals surface area contributed by atoms with Crippen LogP contribution >= 0.6 is 0 Å². The highest BCUT2D eigenvalue weighted by molar-refractivity contribution is 5.93. The number of alkyl carbamates (subject to hydrolysis) is 1. The molecule has 2 aromatic carbocycles. The highest BCUT2D eigenvalue weighted by Gasteiger charge is 2.26. The Morgan fingerprint density at radius 1 is 1.10 bits per heavy atom. The van der Waals surface area contributed by atoms with E-state index in [0.29, 0.717) is 16.7 Å². The Labute approximate surface area is 165 Å². The lowest BCUT2D eigenvalue weighted by Gasteiger charge is -2.17. The molecule has 0 fully saturated rings. The van der Waals surface area contributed by atoms with Crippen LogP contribution in [0.5, 0.6) is 0 Å². The van der Waals surface area contributed by atoms with Crippen LogP contribution in [-0.4, -0.2) is 43.0 Å². The number of carbonyl (C=O) groups excluding carboxylic acids is 2. The molecule has 0 unspecified atom stereocenters. The van der Waals surface area contributed by atoms with Crippen LogP contribution in [0.2, 0.25) is 0 Å². The van der Waals surface area contributed by atoms with Crippen LogP contribution in [0.15, 0.2) is 67.1 Å². The van der Waals surface area contributed by atoms with Gasteiger partial charge in [0, 0.05) is 18.3 Å². The van der Waals surface area contributed by atoms with Gasteiger partial charge < -0.3 is 15.0 Å². The summed E-state index contributed by atoms with van der Waals surface area (Å²) >= 11 is 0. The smallest absolute Gasteiger partial charge is 0.408 e. The molecule has 0 saturated carbocycles. The molecule has 0 aliphatic carbocycles. The highest BCUT2D eigenvalue weighted by Crippen LogP contribution is 2.12. The molecule has 0 saturated heterocycles. The molecule has 0 bridgehead atoms. The van der Waals surface area contributed by atoms with Gasteiger partial charge in [0.15, 0.2) is 0 Å². The van der Waals surface area contributed by atoms with E-state index in [1.807, 2.05) is 36.4 Å². The van der Waals surface area contributed by atoms with Gasteiger partial charge in [-0.05, 0) is 17.7 Å². The zero-order valence-corrected chi connectivity index (χ0v) is 15.4. The van der Waals surface area contributed by atoms with Crippen LogP contribution in [0.3, 0.4) is 0 Å². The molecule has 0 aliphatic heterocycles. The molecule has 0 radical (unpaired) electrons. The number of carbonyl (C=O) groups is 2. The second kappa shape index (κ2) is 8.34. The maximum atomic E-state index is 13.1. The summed E-state index contributed by atoms with van der Waals surface area (Å²) in [5.74, 6) is -0.426. The third-order valence-electron chi connectivity index (χ3n) is 4.34. The lowest BCUT2D eigenvalue weighted by atomic mass is 10.1. The number of ether oxygens (including phenoxy) is 1. The summed E-state index contributed by atoms with van der Waals surface area (Å²) < 4.78 is 6.45. The van der Waals surface area contributed by atoms with E-state index in [2.05, 4.69) is 25.6 Å². The van der Waals surface area contributed by atoms with E-state index in [0.717, 1.165) is 5.56 Å². The number of aromatic amines is 1. The Balaban J connectivity index is 1.51. The van der Waals surface area contributed by atoms with Gasteiger partial charge in [-0.2, -0.15) is 4.68 Å². The maximum Gasteiger partial charge on any atom is 0.408 e. The Hall–Kier alpha value is -4.01. The summed E-state index contributed by atoms with van der Waals surface area (Å²) in [7, 11) is 0. The largest absolute Gasteiger partial charge is 0.445 e. The molecule has 9 heteroatoms. The number of hydrogen-bond acceptors (Lipinski definition) is 6. The van der Waals surface area contributed by atoms with Crippen molar-refractivity contribution in [3.63, 3.8) is 0 Å². The SMILES string of the molecule is O=C(N[C@@H](Cc1cnc[nH]1)C(=O)n1nnc2ccccc21)OCc1ccccc1. The molecule has 4 aromatic rings. The minimum Gasteiger partial charge on any atom is -0.445 e. The zero-order valence-electron chi connectivity index (χ0n) is 15.4. The van der Waals surface area contributed by atoms with Crippen molar-refractivity contribution in [2.24, 2.45) is 0 Å². The molecule has 29 heavy (non-hydrogen) atoms. The second-order valence-corrected chi connectivity index (χ2v) is 6.37. The van der Waals surface area contributed by atoms with Crippen molar-refractivity contribution in [2.75, 3.05) is 0 Å². The standard InChI is InChI=1S/C20H18N6O3/c27-19(26-18-9-5-4-8-16(18)24-25-26)17(10-15-11-21-13-22-15)23-20(28)29-12-14-6-2-1-3-7-14/h1-9,11,13,17H,10,12H2,(H,21,22)(H,23,28)/t17-/m0/s1. The summed E-state index contributed by atoms with van der Waals surface area (Å²) in [6.45, 7) is 0.101. The summed E-state index contributed by atoms with van der Waals surface area (Å²) in [6, 6.07) is 15.5. The van der Waals surface area contributed by atoms with Gasteiger partial charge in [-0.1, -0.05) is 47.7 Å². The molecule has 146 valence electrons. The topological polar surface area (TPSA) is 115 Å². The first-order valence-electron chi connectivity index (χ1n) is 9.00. The van der Waals surface area contributed by atoms with Gasteiger partial charge in [-0.3, -0.25) is 4.79 Å². The minimum atomic E-state index is -0.913. The number of benzene rings is 2. The average Bonchev–Trinajstić information content (AvgIpc) is 3.42. The van der Waals surface area contributed by atoms with Crippen molar-refractivity contribution in [3.05, 3.63) is 78.4 Å². The van der Waals surface area contributed by atoms with E-state index in [1.54, 1.807) is 24.4 Å². The molecule has 2 heterocycles. The lowest BCUT2D eigenvalue weighted by molar-refractivity contribution is 0.0823. The normalized spacial score (nSPS) is 11.9. The van der Waals surface area contributed by atoms with Crippen LogP contribution < -0.4 is 5.32 Å². The molecule has 9 nitrogen and oxygen atoms in total. The van der Waals surface area contributed by atoms with E-state index in [1.165, 1.54) is 11.0 Å². The van der Waals surface area contributed by atoms with Crippen LogP contribution in [0, 0.1) is 0 Å². The lowest BCUT2D eigenvalue weighted by Crippen LogP contribution is -2.45. The van der Waals surface area contributed by atoms with Crippen molar-refractivity contribution < 1.29 is 14.3 Å². The fraction of sp³-hybridized carbons (Fsp3) is 0.150. The first-order valence-corrected chi connectivity index (χ1v) is 9.00. The third kappa shape index (κ3) is 4.29. The van der Waals surface area contributed by atoms with Gasteiger partial charge >= 0.3 is 6.09 Å². The molecule has 4 rings (SSSR count). The van der Waals surface area contributed by atoms with Crippen molar-refractivity contribution in [1.29, 1.82) is 0 Å². The molecular weight excluding hydrogens is 372 g/mol. The van der Waals surface area contributed by atoms with Gasteiger partial charge in [0.1, 0.15) is 18.2 Å². The Bertz CT molecular complexity index is 1110. The number of para-hydroxylation sites is 1. The monoisotopic (exact) mass is 390 g/mol. The quantitative estimate of drug-likeness (QED) is 0.522. The number of nitrogens with one attached hydrogen (secondary N) is 2. The summed E-state index contributed by atoms with van der Waals surface area (Å²) in [5, 5.41) is 10.6. The number of rotatable bonds is 6. The molecule has 1 amide bonds. The van der Waals surface area contributed by atoms with Crippen LogP contribution in [0.1, 0.15) is 16.1 Å². The summed E-state index contributed by atoms with van der Waals surface area (Å²) in [4.78, 5) is 32.3. The minimum absolute atomic E-state index is 0.101. The Morgan fingerprint density at radius 2 is 1.90 bits per heavy atom. The molecule has 1 atom stereocenters. The van der Waals surface area contributed by atoms with Crippen LogP contribution in [-0.2, 0) is 17.8 Å². The number of amides is 1. The number of imidazole rings is 1. The summed E-state index contributed by atoms with van der Waals surface area (Å²) in [5.41, 5.74) is 2.69. The van der Waals surface area contributed by atoms with Gasteiger partial charge in [-0.15, -0.1) is 5.10 Å². The van der Waals surface area contributed by atoms with E-state index >= 15 is 0 Å². The van der Waals surface area contributed by atoms with Crippen LogP contribution in [0.25, 0.3) is 11.0 Å². The van der Waals surface area contributed by atoms with Crippen molar-refractivity contribution in [1.82, 2.24) is 30.3 Å². The van der Waals surface area contributed by atoms with E-state index in [4.69, 9.17) is 4.74 Å². The van der Waals surface area contributed by atoms with Crippen molar-refractivity contribution in [3.8, 4) is 0 Å². The van der Waals surface area contributed by atoms with E-state index in [-0.39, 0.29) is 13.0 Å². The number of aromatic nitrogens is 5. The third-order valence-corrected chi connectivity index (χ3v) is 4.34. The molecule has 2 N–H and O–H groups in total. The van der Waals surface area contributed by atoms with E-state index < -0.39 is 18.0 Å². The Kier molecular flexibility index (Phi) is 5.28. The molecule has 0 spiro atoms. The fourth-order valence-corrected chi connectivity index (χ4v) is 2.90. The highest BCUT2D eigenvalue weighted by atomic mass is 16.5. The van der Waals surface area contributed by atoms with Gasteiger partial charge in [0.2, 0.25) is 0 Å². The number of hydrogen-bond donors (Lipinski definition) is 2. The molecule has 0 aliphatic rings.